The lowest BCUT2D eigenvalue weighted by Crippen LogP contribution is -2.57. The van der Waals surface area contributed by atoms with Crippen molar-refractivity contribution in [1.82, 2.24) is 45.4 Å². The van der Waals surface area contributed by atoms with Crippen molar-refractivity contribution < 1.29 is 24.2 Å². The van der Waals surface area contributed by atoms with Crippen LogP contribution in [0.3, 0.4) is 0 Å². The fourth-order valence-corrected chi connectivity index (χ4v) is 8.47. The number of amides is 2. The summed E-state index contributed by atoms with van der Waals surface area (Å²) in [6.45, 7) is 4.06. The normalized spacial score (nSPS) is 20.8. The van der Waals surface area contributed by atoms with Crippen molar-refractivity contribution in [1.29, 1.82) is 0 Å². The summed E-state index contributed by atoms with van der Waals surface area (Å²) in [6, 6.07) is 16.7. The number of tetrazole rings is 1. The molecule has 2 aromatic carbocycles. The molecule has 1 atom stereocenters. The van der Waals surface area contributed by atoms with Gasteiger partial charge in [-0.3, -0.25) is 24.8 Å². The first-order valence-electron chi connectivity index (χ1n) is 18.2. The quantitative estimate of drug-likeness (QED) is 0.222. The van der Waals surface area contributed by atoms with Crippen molar-refractivity contribution in [3.05, 3.63) is 94.0 Å². The standard InChI is InChI=1S/C38H43Cl2N9O5/c1-54-32-8-6-28(49-25-42-44-45-49)23-29(32)34(50)47-21-12-37(24-47,27-5-7-30(39)31(40)22-27)11-18-46-19-13-38(14-20-46,33-4-2-3-15-41-33)36(53)43-48-16-9-26(10-17-48)35(51)52/h2-8,15,22-23,25-26H,9-14,16-21,24H2,1H3,(H,43,53)(H,51,52). The van der Waals surface area contributed by atoms with Crippen LogP contribution in [0.15, 0.2) is 67.1 Å². The second-order valence-electron chi connectivity index (χ2n) is 14.5. The van der Waals surface area contributed by atoms with Crippen LogP contribution >= 0.6 is 23.2 Å². The summed E-state index contributed by atoms with van der Waals surface area (Å²) in [5, 5.41) is 23.6. The number of piperidine rings is 2. The van der Waals surface area contributed by atoms with Crippen LogP contribution in [0.4, 0.5) is 0 Å². The molecular weight excluding hydrogens is 733 g/mol. The number of nitrogens with zero attached hydrogens (tertiary/aromatic N) is 8. The second-order valence-corrected chi connectivity index (χ2v) is 15.3. The largest absolute Gasteiger partial charge is 0.496 e. The van der Waals surface area contributed by atoms with Gasteiger partial charge in [-0.05, 0) is 117 Å². The molecular formula is C38H43Cl2N9O5. The zero-order valence-electron chi connectivity index (χ0n) is 30.0. The van der Waals surface area contributed by atoms with Crippen LogP contribution in [-0.2, 0) is 20.4 Å². The maximum Gasteiger partial charge on any atom is 0.306 e. The van der Waals surface area contributed by atoms with Crippen molar-refractivity contribution in [2.24, 2.45) is 5.92 Å². The molecule has 5 heterocycles. The highest BCUT2D eigenvalue weighted by Crippen LogP contribution is 2.42. The maximum atomic E-state index is 14.2. The Morgan fingerprint density at radius 3 is 2.43 bits per heavy atom. The number of carboxylic acids is 1. The number of aliphatic carboxylic acids is 1. The Labute approximate surface area is 323 Å². The zero-order valence-corrected chi connectivity index (χ0v) is 31.5. The molecule has 3 aliphatic rings. The molecule has 3 fully saturated rings. The number of hydrazine groups is 1. The Kier molecular flexibility index (Phi) is 11.2. The van der Waals surface area contributed by atoms with E-state index in [-0.39, 0.29) is 17.7 Å². The predicted molar refractivity (Wildman–Crippen MR) is 201 cm³/mol. The summed E-state index contributed by atoms with van der Waals surface area (Å²) in [5.74, 6) is -0.974. The van der Waals surface area contributed by atoms with Crippen LogP contribution in [0.25, 0.3) is 5.69 Å². The second kappa shape index (κ2) is 16.0. The Morgan fingerprint density at radius 1 is 0.963 bits per heavy atom. The first-order valence-corrected chi connectivity index (χ1v) is 19.0. The summed E-state index contributed by atoms with van der Waals surface area (Å²) in [5.41, 5.74) is 4.72. The fraction of sp³-hybridized carbons (Fsp3) is 0.447. The van der Waals surface area contributed by atoms with Gasteiger partial charge < -0.3 is 19.6 Å². The van der Waals surface area contributed by atoms with Crippen LogP contribution in [0, 0.1) is 5.92 Å². The van der Waals surface area contributed by atoms with Gasteiger partial charge >= 0.3 is 5.97 Å². The van der Waals surface area contributed by atoms with Gasteiger partial charge in [-0.2, -0.15) is 0 Å². The molecule has 14 nitrogen and oxygen atoms in total. The number of carbonyl (C=O) groups is 3. The number of ether oxygens (including phenoxy) is 1. The summed E-state index contributed by atoms with van der Waals surface area (Å²) in [7, 11) is 1.54. The highest BCUT2D eigenvalue weighted by molar-refractivity contribution is 6.42. The van der Waals surface area contributed by atoms with Gasteiger partial charge in [0, 0.05) is 37.8 Å². The summed E-state index contributed by atoms with van der Waals surface area (Å²) < 4.78 is 7.10. The van der Waals surface area contributed by atoms with Gasteiger partial charge in [-0.15, -0.1) is 5.10 Å². The van der Waals surface area contributed by atoms with Crippen LogP contribution in [0.1, 0.15) is 60.1 Å². The number of hydrogen-bond acceptors (Lipinski definition) is 10. The van der Waals surface area contributed by atoms with E-state index in [1.807, 2.05) is 46.3 Å². The number of methoxy groups -OCH3 is 1. The number of pyridine rings is 1. The number of carboxylic acid groups (broad SMARTS) is 1. The van der Waals surface area contributed by atoms with E-state index in [1.54, 1.807) is 31.5 Å². The van der Waals surface area contributed by atoms with E-state index in [2.05, 4.69) is 30.8 Å². The fourth-order valence-electron chi connectivity index (χ4n) is 8.18. The van der Waals surface area contributed by atoms with E-state index in [9.17, 15) is 19.5 Å². The molecule has 3 saturated heterocycles. The van der Waals surface area contributed by atoms with Gasteiger partial charge in [0.2, 0.25) is 5.91 Å². The molecule has 4 aromatic rings. The number of rotatable bonds is 11. The first kappa shape index (κ1) is 37.7. The first-order chi connectivity index (χ1) is 26.1. The molecule has 2 N–H and O–H groups in total. The Bertz CT molecular complexity index is 1970. The third kappa shape index (κ3) is 7.65. The molecule has 1 unspecified atom stereocenters. The Balaban J connectivity index is 1.07. The number of hydrogen-bond donors (Lipinski definition) is 2. The van der Waals surface area contributed by atoms with Gasteiger partial charge in [0.15, 0.2) is 0 Å². The minimum Gasteiger partial charge on any atom is -0.496 e. The molecule has 54 heavy (non-hydrogen) atoms. The SMILES string of the molecule is COc1ccc(-n2cnnn2)cc1C(=O)N1CCC(CCN2CCC(C(=O)NN3CCC(C(=O)O)CC3)(c3ccccn3)CC2)(c2ccc(Cl)c(Cl)c2)C1. The van der Waals surface area contributed by atoms with Gasteiger partial charge in [-0.1, -0.05) is 35.3 Å². The lowest BCUT2D eigenvalue weighted by atomic mass is 9.73. The summed E-state index contributed by atoms with van der Waals surface area (Å²) in [4.78, 5) is 48.7. The van der Waals surface area contributed by atoms with Crippen molar-refractivity contribution in [3.8, 4) is 11.4 Å². The van der Waals surface area contributed by atoms with E-state index in [1.165, 1.54) is 11.0 Å². The number of likely N-dealkylation sites (tertiary alicyclic amines) is 2. The van der Waals surface area contributed by atoms with Gasteiger partial charge in [0.05, 0.1) is 45.4 Å². The van der Waals surface area contributed by atoms with E-state index in [0.29, 0.717) is 92.0 Å². The Morgan fingerprint density at radius 2 is 1.76 bits per heavy atom. The van der Waals surface area contributed by atoms with E-state index in [4.69, 9.17) is 27.9 Å². The van der Waals surface area contributed by atoms with Crippen molar-refractivity contribution in [2.75, 3.05) is 52.9 Å². The molecule has 7 rings (SSSR count). The van der Waals surface area contributed by atoms with E-state index >= 15 is 0 Å². The Hall–Kier alpha value is -4.63. The average molecular weight is 777 g/mol. The molecule has 2 amide bonds. The summed E-state index contributed by atoms with van der Waals surface area (Å²) >= 11 is 12.9. The van der Waals surface area contributed by atoms with E-state index < -0.39 is 16.8 Å². The average Bonchev–Trinajstić information content (AvgIpc) is 3.91. The molecule has 2 aromatic heterocycles. The minimum atomic E-state index is -0.824. The van der Waals surface area contributed by atoms with Crippen LogP contribution in [0.5, 0.6) is 5.75 Å². The molecule has 0 radical (unpaired) electrons. The number of aromatic nitrogens is 5. The third-order valence-corrected chi connectivity index (χ3v) is 12.2. The van der Waals surface area contributed by atoms with Crippen molar-refractivity contribution in [3.63, 3.8) is 0 Å². The molecule has 0 bridgehead atoms. The number of nitrogens with one attached hydrogen (secondary N) is 1. The van der Waals surface area contributed by atoms with Gasteiger partial charge in [0.1, 0.15) is 12.1 Å². The third-order valence-electron chi connectivity index (χ3n) is 11.5. The molecule has 16 heteroatoms. The summed E-state index contributed by atoms with van der Waals surface area (Å²) in [6.07, 6.45) is 6.79. The van der Waals surface area contributed by atoms with Crippen LogP contribution in [-0.4, -0.2) is 116 Å². The van der Waals surface area contributed by atoms with Crippen molar-refractivity contribution in [2.45, 2.75) is 49.4 Å². The van der Waals surface area contributed by atoms with Crippen molar-refractivity contribution >= 4 is 41.0 Å². The lowest BCUT2D eigenvalue weighted by molar-refractivity contribution is -0.144. The predicted octanol–water partition coefficient (Wildman–Crippen LogP) is 4.41. The van der Waals surface area contributed by atoms with E-state index in [0.717, 1.165) is 30.6 Å². The minimum absolute atomic E-state index is 0.105. The zero-order chi connectivity index (χ0) is 37.9. The molecule has 284 valence electrons. The topological polar surface area (TPSA) is 159 Å². The lowest BCUT2D eigenvalue weighted by Gasteiger charge is -2.42. The smallest absolute Gasteiger partial charge is 0.306 e. The monoisotopic (exact) mass is 775 g/mol. The van der Waals surface area contributed by atoms with Crippen LogP contribution < -0.4 is 10.2 Å². The molecule has 0 saturated carbocycles. The number of carbonyl (C=O) groups excluding carboxylic acids is 2. The van der Waals surface area contributed by atoms with Gasteiger partial charge in [0.25, 0.3) is 5.91 Å². The maximum absolute atomic E-state index is 14.2. The molecule has 0 aliphatic carbocycles. The highest BCUT2D eigenvalue weighted by Gasteiger charge is 2.46. The van der Waals surface area contributed by atoms with Crippen LogP contribution in [0.2, 0.25) is 10.0 Å². The number of benzene rings is 2. The van der Waals surface area contributed by atoms with Gasteiger partial charge in [-0.25, -0.2) is 9.69 Å². The number of halogens is 2. The highest BCUT2D eigenvalue weighted by atomic mass is 35.5. The molecule has 0 spiro atoms. The molecule has 3 aliphatic heterocycles.